The van der Waals surface area contributed by atoms with Crippen LogP contribution in [0.1, 0.15) is 38.8 Å². The van der Waals surface area contributed by atoms with Gasteiger partial charge in [-0.15, -0.1) is 0 Å². The predicted octanol–water partition coefficient (Wildman–Crippen LogP) is 3.33. The molecule has 30 heavy (non-hydrogen) atoms. The van der Waals surface area contributed by atoms with Gasteiger partial charge in [0.05, 0.1) is 31.1 Å². The molecule has 0 spiro atoms. The third-order valence-corrected chi connectivity index (χ3v) is 5.86. The summed E-state index contributed by atoms with van der Waals surface area (Å²) < 4.78 is 5.01. The molecular weight excluding hydrogens is 378 g/mol. The zero-order chi connectivity index (χ0) is 21.7. The molecule has 1 aliphatic rings. The van der Waals surface area contributed by atoms with Gasteiger partial charge in [0.1, 0.15) is 0 Å². The summed E-state index contributed by atoms with van der Waals surface area (Å²) >= 11 is 0. The van der Waals surface area contributed by atoms with Gasteiger partial charge in [0, 0.05) is 5.69 Å². The lowest BCUT2D eigenvalue weighted by Gasteiger charge is -2.30. The summed E-state index contributed by atoms with van der Waals surface area (Å²) in [5, 5.41) is 2.77. The highest BCUT2D eigenvalue weighted by Gasteiger charge is 2.33. The van der Waals surface area contributed by atoms with Gasteiger partial charge in [0.15, 0.2) is 6.04 Å². The number of quaternary nitrogens is 1. The number of aryl methyl sites for hydroxylation is 2. The number of likely N-dealkylation sites (N-methyl/N-ethyl adjacent to an activating group) is 1. The molecule has 1 heterocycles. The molecule has 6 nitrogen and oxygen atoms in total. The first-order valence-corrected chi connectivity index (χ1v) is 10.8. The Kier molecular flexibility index (Phi) is 7.11. The number of nitrogens with zero attached hydrogens (tertiary/aromatic N) is 1. The van der Waals surface area contributed by atoms with Gasteiger partial charge in [-0.3, -0.25) is 15.0 Å². The fraction of sp³-hybridized carbons (Fsp3) is 0.417. The molecule has 2 aromatic carbocycles. The predicted molar refractivity (Wildman–Crippen MR) is 120 cm³/mol. The fourth-order valence-corrected chi connectivity index (χ4v) is 4.15. The van der Waals surface area contributed by atoms with E-state index in [0.717, 1.165) is 48.4 Å². The second-order valence-corrected chi connectivity index (χ2v) is 7.58. The molecule has 160 valence electrons. The Hall–Kier alpha value is -2.86. The van der Waals surface area contributed by atoms with Crippen LogP contribution in [-0.2, 0) is 22.4 Å². The lowest BCUT2D eigenvalue weighted by molar-refractivity contribution is -0.910. The molecule has 0 fully saturated rings. The summed E-state index contributed by atoms with van der Waals surface area (Å²) in [7, 11) is 0. The average Bonchev–Trinajstić information content (AvgIpc) is 2.90. The van der Waals surface area contributed by atoms with Crippen molar-refractivity contribution in [3.8, 4) is 0 Å². The summed E-state index contributed by atoms with van der Waals surface area (Å²) in [6.45, 7) is 10.1. The zero-order valence-electron chi connectivity index (χ0n) is 18.3. The number of rotatable bonds is 6. The van der Waals surface area contributed by atoms with E-state index < -0.39 is 6.09 Å². The van der Waals surface area contributed by atoms with Crippen LogP contribution in [0.15, 0.2) is 42.5 Å². The fourth-order valence-electron chi connectivity index (χ4n) is 4.15. The topological polar surface area (TPSA) is 63.1 Å². The molecule has 2 amide bonds. The lowest BCUT2D eigenvalue weighted by atomic mass is 10.0. The van der Waals surface area contributed by atoms with Crippen LogP contribution >= 0.6 is 0 Å². The Bertz CT molecular complexity index is 908. The van der Waals surface area contributed by atoms with Crippen molar-refractivity contribution < 1.29 is 19.2 Å². The number of carbonyl (C=O) groups is 2. The Morgan fingerprint density at radius 3 is 2.37 bits per heavy atom. The van der Waals surface area contributed by atoms with Crippen molar-refractivity contribution in [2.24, 2.45) is 0 Å². The van der Waals surface area contributed by atoms with Crippen molar-refractivity contribution in [1.82, 2.24) is 0 Å². The standard InChI is InChI=1S/C24H31N3O3/c1-5-26(6-2)17(4)23(28)27-21-11-9-8-10-18(21)12-13-19-14-15-20(16-22(19)27)25-24(29)30-7-3/h8-11,14-17H,5-7,12-13H2,1-4H3,(H,25,29)/p+1/t17-/m1/s1. The highest BCUT2D eigenvalue weighted by molar-refractivity contribution is 6.05. The number of amides is 2. The van der Waals surface area contributed by atoms with Crippen molar-refractivity contribution in [1.29, 1.82) is 0 Å². The Balaban J connectivity index is 2.07. The number of hydrogen-bond acceptors (Lipinski definition) is 3. The lowest BCUT2D eigenvalue weighted by Crippen LogP contribution is -3.16. The van der Waals surface area contributed by atoms with Crippen LogP contribution in [0.4, 0.5) is 21.9 Å². The summed E-state index contributed by atoms with van der Waals surface area (Å²) in [5.41, 5.74) is 4.62. The summed E-state index contributed by atoms with van der Waals surface area (Å²) in [6, 6.07) is 13.7. The molecule has 0 bridgehead atoms. The SMILES string of the molecule is CCOC(=O)Nc1ccc2c(c1)N(C(=O)[C@@H](C)[NH+](CC)CC)c1ccccc1CC2. The molecule has 0 radical (unpaired) electrons. The highest BCUT2D eigenvalue weighted by atomic mass is 16.5. The van der Waals surface area contributed by atoms with Gasteiger partial charge in [-0.05, 0) is 69.9 Å². The molecule has 2 N–H and O–H groups in total. The van der Waals surface area contributed by atoms with Gasteiger partial charge in [0.2, 0.25) is 0 Å². The Morgan fingerprint density at radius 1 is 1.03 bits per heavy atom. The van der Waals surface area contributed by atoms with Gasteiger partial charge >= 0.3 is 6.09 Å². The molecule has 1 atom stereocenters. The van der Waals surface area contributed by atoms with Gasteiger partial charge < -0.3 is 9.64 Å². The zero-order valence-corrected chi connectivity index (χ0v) is 18.3. The number of fused-ring (bicyclic) bond motifs is 2. The van der Waals surface area contributed by atoms with E-state index in [9.17, 15) is 9.59 Å². The molecule has 1 aliphatic heterocycles. The monoisotopic (exact) mass is 410 g/mol. The van der Waals surface area contributed by atoms with Crippen LogP contribution in [0.5, 0.6) is 0 Å². The van der Waals surface area contributed by atoms with E-state index in [1.165, 1.54) is 4.90 Å². The number of carbonyl (C=O) groups excluding carboxylic acids is 2. The quantitative estimate of drug-likeness (QED) is 0.768. The van der Waals surface area contributed by atoms with Crippen LogP contribution in [-0.4, -0.2) is 37.7 Å². The summed E-state index contributed by atoms with van der Waals surface area (Å²) in [5.74, 6) is 0.0672. The molecule has 0 aliphatic carbocycles. The van der Waals surface area contributed by atoms with E-state index in [1.54, 1.807) is 6.92 Å². The van der Waals surface area contributed by atoms with Gasteiger partial charge in [-0.1, -0.05) is 24.3 Å². The second kappa shape index (κ2) is 9.76. The molecular formula is C24H32N3O3+. The number of benzene rings is 2. The van der Waals surface area contributed by atoms with Crippen molar-refractivity contribution in [2.75, 3.05) is 29.9 Å². The van der Waals surface area contributed by atoms with E-state index >= 15 is 0 Å². The van der Waals surface area contributed by atoms with Gasteiger partial charge in [-0.25, -0.2) is 4.79 Å². The number of nitrogens with one attached hydrogen (secondary N) is 2. The Labute approximate surface area is 178 Å². The molecule has 0 unspecified atom stereocenters. The number of anilines is 3. The maximum absolute atomic E-state index is 13.8. The van der Waals surface area contributed by atoms with E-state index in [4.69, 9.17) is 4.74 Å². The molecule has 3 rings (SSSR count). The van der Waals surface area contributed by atoms with Crippen molar-refractivity contribution in [3.63, 3.8) is 0 Å². The maximum atomic E-state index is 13.8. The number of hydrogen-bond donors (Lipinski definition) is 2. The molecule has 0 saturated carbocycles. The average molecular weight is 411 g/mol. The van der Waals surface area contributed by atoms with Crippen LogP contribution < -0.4 is 15.1 Å². The summed E-state index contributed by atoms with van der Waals surface area (Å²) in [6.07, 6.45) is 1.21. The van der Waals surface area contributed by atoms with Crippen LogP contribution in [0, 0.1) is 0 Å². The van der Waals surface area contributed by atoms with Gasteiger partial charge in [0.25, 0.3) is 5.91 Å². The van der Waals surface area contributed by atoms with Crippen LogP contribution in [0.2, 0.25) is 0 Å². The van der Waals surface area contributed by atoms with Crippen LogP contribution in [0.3, 0.4) is 0 Å². The smallest absolute Gasteiger partial charge is 0.411 e. The van der Waals surface area contributed by atoms with E-state index in [0.29, 0.717) is 12.3 Å². The normalized spacial score (nSPS) is 13.8. The van der Waals surface area contributed by atoms with E-state index in [2.05, 4.69) is 25.2 Å². The third-order valence-electron chi connectivity index (χ3n) is 5.86. The maximum Gasteiger partial charge on any atom is 0.411 e. The van der Waals surface area contributed by atoms with E-state index in [-0.39, 0.29) is 11.9 Å². The first-order valence-electron chi connectivity index (χ1n) is 10.8. The first-order chi connectivity index (χ1) is 14.5. The number of ether oxygens (including phenoxy) is 1. The van der Waals surface area contributed by atoms with Crippen molar-refractivity contribution in [2.45, 2.75) is 46.6 Å². The summed E-state index contributed by atoms with van der Waals surface area (Å²) in [4.78, 5) is 28.8. The number of para-hydroxylation sites is 1. The van der Waals surface area contributed by atoms with Gasteiger partial charge in [-0.2, -0.15) is 0 Å². The minimum atomic E-state index is -0.495. The second-order valence-electron chi connectivity index (χ2n) is 7.58. The molecule has 0 saturated heterocycles. The minimum Gasteiger partial charge on any atom is -0.450 e. The Morgan fingerprint density at radius 2 is 1.70 bits per heavy atom. The van der Waals surface area contributed by atoms with Crippen molar-refractivity contribution >= 4 is 29.1 Å². The molecule has 6 heteroatoms. The van der Waals surface area contributed by atoms with Crippen molar-refractivity contribution in [3.05, 3.63) is 53.6 Å². The molecule has 2 aromatic rings. The first kappa shape index (κ1) is 21.8. The molecule has 0 aromatic heterocycles. The van der Waals surface area contributed by atoms with E-state index in [1.807, 2.05) is 48.2 Å². The largest absolute Gasteiger partial charge is 0.450 e. The third kappa shape index (κ3) is 4.49. The van der Waals surface area contributed by atoms with Crippen LogP contribution in [0.25, 0.3) is 0 Å². The minimum absolute atomic E-state index is 0.0672. The highest BCUT2D eigenvalue weighted by Crippen LogP contribution is 2.38.